The number of rotatable bonds is 7. The predicted molar refractivity (Wildman–Crippen MR) is 113 cm³/mol. The molecule has 3 rings (SSSR count). The second-order valence-corrected chi connectivity index (χ2v) is 8.00. The van der Waals surface area contributed by atoms with Crippen LogP contribution in [0.15, 0.2) is 23.1 Å². The van der Waals surface area contributed by atoms with Crippen molar-refractivity contribution in [3.63, 3.8) is 0 Å². The number of amides is 3. The largest absolute Gasteiger partial charge is 0.493 e. The van der Waals surface area contributed by atoms with Crippen molar-refractivity contribution >= 4 is 34.9 Å². The molecular formula is C21H26N2O6S. The number of hydrogen-bond acceptors (Lipinski definition) is 7. The minimum absolute atomic E-state index is 0.0465. The summed E-state index contributed by atoms with van der Waals surface area (Å²) in [5, 5.41) is -0.448. The van der Waals surface area contributed by atoms with Crippen LogP contribution in [0.3, 0.4) is 0 Å². The van der Waals surface area contributed by atoms with Crippen molar-refractivity contribution in [2.75, 3.05) is 40.0 Å². The lowest BCUT2D eigenvalue weighted by Crippen LogP contribution is -2.46. The third kappa shape index (κ3) is 5.14. The molecule has 2 fully saturated rings. The molecule has 0 N–H and O–H groups in total. The third-order valence-electron chi connectivity index (χ3n) is 4.92. The molecule has 0 spiro atoms. The van der Waals surface area contributed by atoms with Crippen LogP contribution in [0.2, 0.25) is 0 Å². The van der Waals surface area contributed by atoms with Gasteiger partial charge < -0.3 is 19.1 Å². The topological polar surface area (TPSA) is 85.4 Å². The van der Waals surface area contributed by atoms with Gasteiger partial charge in [0.2, 0.25) is 5.91 Å². The van der Waals surface area contributed by atoms with E-state index in [1.165, 1.54) is 0 Å². The number of carbonyl (C=O) groups is 3. The van der Waals surface area contributed by atoms with Crippen LogP contribution in [-0.2, 0) is 14.3 Å². The van der Waals surface area contributed by atoms with Gasteiger partial charge in [0.15, 0.2) is 11.5 Å². The van der Waals surface area contributed by atoms with Gasteiger partial charge in [-0.1, -0.05) is 13.0 Å². The van der Waals surface area contributed by atoms with Gasteiger partial charge in [-0.25, -0.2) is 0 Å². The van der Waals surface area contributed by atoms with E-state index in [9.17, 15) is 14.4 Å². The summed E-state index contributed by atoms with van der Waals surface area (Å²) in [6, 6.07) is 5.33. The van der Waals surface area contributed by atoms with E-state index in [2.05, 4.69) is 0 Å². The molecule has 2 aliphatic rings. The Labute approximate surface area is 180 Å². The van der Waals surface area contributed by atoms with E-state index in [0.717, 1.165) is 23.1 Å². The van der Waals surface area contributed by atoms with Crippen molar-refractivity contribution in [2.45, 2.75) is 26.4 Å². The first-order valence-corrected chi connectivity index (χ1v) is 10.7. The maximum atomic E-state index is 12.7. The molecule has 1 unspecified atom stereocenters. The quantitative estimate of drug-likeness (QED) is 0.610. The molecule has 0 saturated carbocycles. The van der Waals surface area contributed by atoms with E-state index in [1.807, 2.05) is 13.8 Å². The molecule has 9 heteroatoms. The summed E-state index contributed by atoms with van der Waals surface area (Å²) in [7, 11) is 1.55. The number of methoxy groups -OCH3 is 1. The van der Waals surface area contributed by atoms with Gasteiger partial charge in [-0.15, -0.1) is 0 Å². The number of carbonyl (C=O) groups excluding carboxylic acids is 3. The molecule has 1 aromatic rings. The number of benzene rings is 1. The van der Waals surface area contributed by atoms with Crippen LogP contribution in [0.25, 0.3) is 6.08 Å². The van der Waals surface area contributed by atoms with Gasteiger partial charge in [0.25, 0.3) is 11.1 Å². The smallest absolute Gasteiger partial charge is 0.294 e. The first-order chi connectivity index (χ1) is 14.4. The molecular weight excluding hydrogens is 408 g/mol. The van der Waals surface area contributed by atoms with Crippen LogP contribution in [0.1, 0.15) is 25.8 Å². The Balaban J connectivity index is 1.72. The van der Waals surface area contributed by atoms with Crippen LogP contribution in [0, 0.1) is 0 Å². The van der Waals surface area contributed by atoms with Crippen molar-refractivity contribution in [3.8, 4) is 11.5 Å². The van der Waals surface area contributed by atoms with Crippen LogP contribution in [-0.4, -0.2) is 72.9 Å². The van der Waals surface area contributed by atoms with E-state index in [-0.39, 0.29) is 23.5 Å². The zero-order chi connectivity index (χ0) is 21.7. The lowest BCUT2D eigenvalue weighted by molar-refractivity contribution is -0.139. The summed E-state index contributed by atoms with van der Waals surface area (Å²) < 4.78 is 16.5. The Kier molecular flexibility index (Phi) is 7.38. The zero-order valence-electron chi connectivity index (χ0n) is 17.4. The fraction of sp³-hybridized carbons (Fsp3) is 0.476. The van der Waals surface area contributed by atoms with Gasteiger partial charge in [0, 0.05) is 13.1 Å². The average Bonchev–Trinajstić information content (AvgIpc) is 3.02. The number of morpholine rings is 1. The number of thioether (sulfide) groups is 1. The van der Waals surface area contributed by atoms with Gasteiger partial charge in [-0.2, -0.15) is 0 Å². The lowest BCUT2D eigenvalue weighted by atomic mass is 10.1. The van der Waals surface area contributed by atoms with Crippen molar-refractivity contribution in [3.05, 3.63) is 28.7 Å². The van der Waals surface area contributed by atoms with E-state index >= 15 is 0 Å². The maximum Gasteiger partial charge on any atom is 0.294 e. The van der Waals surface area contributed by atoms with Crippen molar-refractivity contribution in [1.82, 2.24) is 9.80 Å². The number of nitrogens with zero attached hydrogens (tertiary/aromatic N) is 2. The molecule has 0 aromatic heterocycles. The van der Waals surface area contributed by atoms with Crippen molar-refractivity contribution in [2.24, 2.45) is 0 Å². The fourth-order valence-electron chi connectivity index (χ4n) is 3.01. The summed E-state index contributed by atoms with van der Waals surface area (Å²) in [5.41, 5.74) is 0.702. The molecule has 1 aromatic carbocycles. The van der Waals surface area contributed by atoms with Gasteiger partial charge in [-0.3, -0.25) is 19.3 Å². The Hall–Kier alpha value is -2.52. The number of ether oxygens (including phenoxy) is 3. The maximum absolute atomic E-state index is 12.7. The van der Waals surface area contributed by atoms with Gasteiger partial charge in [0.1, 0.15) is 6.54 Å². The molecule has 0 bridgehead atoms. The predicted octanol–water partition coefficient (Wildman–Crippen LogP) is 2.77. The Morgan fingerprint density at radius 2 is 2.00 bits per heavy atom. The van der Waals surface area contributed by atoms with Crippen LogP contribution >= 0.6 is 11.8 Å². The summed E-state index contributed by atoms with van der Waals surface area (Å²) in [4.78, 5) is 40.3. The second-order valence-electron chi connectivity index (χ2n) is 7.01. The Bertz CT molecular complexity index is 850. The van der Waals surface area contributed by atoms with Gasteiger partial charge >= 0.3 is 0 Å². The molecule has 0 radical (unpaired) electrons. The minimum Gasteiger partial charge on any atom is -0.493 e. The number of imide groups is 1. The van der Waals surface area contributed by atoms with Crippen LogP contribution in [0.4, 0.5) is 4.79 Å². The SMILES string of the molecule is CCC(C)Oc1ccc(/C=C2\SC(=O)N(CC(=O)N3CCOCC3)C2=O)cc1OC. The Morgan fingerprint density at radius 3 is 2.67 bits per heavy atom. The first-order valence-electron chi connectivity index (χ1n) is 9.88. The van der Waals surface area contributed by atoms with E-state index in [0.29, 0.717) is 43.4 Å². The molecule has 3 amide bonds. The highest BCUT2D eigenvalue weighted by molar-refractivity contribution is 8.18. The molecule has 1 atom stereocenters. The normalized spacial score (nSPS) is 19.4. The summed E-state index contributed by atoms with van der Waals surface area (Å²) in [6.45, 7) is 5.61. The molecule has 162 valence electrons. The van der Waals surface area contributed by atoms with Crippen LogP contribution in [0.5, 0.6) is 11.5 Å². The van der Waals surface area contributed by atoms with E-state index in [4.69, 9.17) is 14.2 Å². The van der Waals surface area contributed by atoms with Crippen molar-refractivity contribution < 1.29 is 28.6 Å². The first kappa shape index (κ1) is 22.2. The highest BCUT2D eigenvalue weighted by atomic mass is 32.2. The Morgan fingerprint density at radius 1 is 1.27 bits per heavy atom. The fourth-order valence-corrected chi connectivity index (χ4v) is 3.85. The van der Waals surface area contributed by atoms with Gasteiger partial charge in [-0.05, 0) is 48.9 Å². The molecule has 8 nitrogen and oxygen atoms in total. The van der Waals surface area contributed by atoms with Gasteiger partial charge in [0.05, 0.1) is 31.3 Å². The minimum atomic E-state index is -0.467. The third-order valence-corrected chi connectivity index (χ3v) is 5.83. The lowest BCUT2D eigenvalue weighted by Gasteiger charge is -2.28. The highest BCUT2D eigenvalue weighted by Crippen LogP contribution is 2.35. The average molecular weight is 435 g/mol. The van der Waals surface area contributed by atoms with E-state index < -0.39 is 11.1 Å². The molecule has 0 aliphatic carbocycles. The summed E-state index contributed by atoms with van der Waals surface area (Å²) >= 11 is 0.828. The number of hydrogen-bond donors (Lipinski definition) is 0. The summed E-state index contributed by atoms with van der Waals surface area (Å²) in [5.74, 6) is 0.444. The monoisotopic (exact) mass is 434 g/mol. The standard InChI is InChI=1S/C21H26N2O6S/c1-4-14(2)29-16-6-5-15(11-17(16)27-3)12-18-20(25)23(21(26)30-18)13-19(24)22-7-9-28-10-8-22/h5-6,11-12,14H,4,7-10,13H2,1-3H3/b18-12-. The van der Waals surface area contributed by atoms with Crippen LogP contribution < -0.4 is 9.47 Å². The van der Waals surface area contributed by atoms with E-state index in [1.54, 1.807) is 36.3 Å². The second kappa shape index (κ2) is 9.99. The summed E-state index contributed by atoms with van der Waals surface area (Å²) in [6.07, 6.45) is 2.53. The molecule has 2 saturated heterocycles. The van der Waals surface area contributed by atoms with Crippen molar-refractivity contribution in [1.29, 1.82) is 0 Å². The zero-order valence-corrected chi connectivity index (χ0v) is 18.2. The highest BCUT2D eigenvalue weighted by Gasteiger charge is 2.37. The molecule has 2 heterocycles. The molecule has 2 aliphatic heterocycles. The molecule has 30 heavy (non-hydrogen) atoms.